The smallest absolute Gasteiger partial charge is 0.251 e. The second-order valence-corrected chi connectivity index (χ2v) is 12.0. The topological polar surface area (TPSA) is 102 Å². The number of rotatable bonds is 5. The molecule has 3 aliphatic carbocycles. The summed E-state index contributed by atoms with van der Waals surface area (Å²) in [5.74, 6) is -0.932. The van der Waals surface area contributed by atoms with Gasteiger partial charge in [-0.05, 0) is 83.4 Å². The third-order valence-electron chi connectivity index (χ3n) is 8.20. The quantitative estimate of drug-likeness (QED) is 0.652. The molecule has 5 atom stereocenters. The van der Waals surface area contributed by atoms with E-state index in [1.807, 2.05) is 6.07 Å². The standard InChI is InChI=1S/C26H29F2N3O3S/c1-26-12-23(28)24-19-4-3-16(25(32)31-8-9-35(29,33)34)10-15(19)2-5-20(24)22(26)7-6-21(26)17-11-18(27)14-30-13-17/h3-4,6,10-11,13-14,20,22-24H,2,5,7-9,12H2,1H3,(H,31,32)(H2,29,33,34). The van der Waals surface area contributed by atoms with Crippen LogP contribution in [-0.4, -0.2) is 37.8 Å². The summed E-state index contributed by atoms with van der Waals surface area (Å²) in [6.45, 7) is 2.04. The summed E-state index contributed by atoms with van der Waals surface area (Å²) in [6, 6.07) is 6.83. The molecule has 0 spiro atoms. The predicted molar refractivity (Wildman–Crippen MR) is 129 cm³/mol. The molecule has 1 fully saturated rings. The number of primary sulfonamides is 1. The van der Waals surface area contributed by atoms with Crippen LogP contribution in [0.5, 0.6) is 0 Å². The lowest BCUT2D eigenvalue weighted by Gasteiger charge is -2.51. The summed E-state index contributed by atoms with van der Waals surface area (Å²) in [5.41, 5.74) is 3.70. The minimum atomic E-state index is -3.65. The Balaban J connectivity index is 1.37. The monoisotopic (exact) mass is 501 g/mol. The van der Waals surface area contributed by atoms with Gasteiger partial charge in [0.1, 0.15) is 12.0 Å². The number of aryl methyl sites for hydroxylation is 1. The number of sulfonamides is 1. The number of alkyl halides is 1. The van der Waals surface area contributed by atoms with E-state index >= 15 is 4.39 Å². The second kappa shape index (κ2) is 8.78. The first-order valence-electron chi connectivity index (χ1n) is 11.9. The number of hydrogen-bond donors (Lipinski definition) is 2. The van der Waals surface area contributed by atoms with Crippen LogP contribution in [-0.2, 0) is 16.4 Å². The third-order valence-corrected chi connectivity index (χ3v) is 8.97. The van der Waals surface area contributed by atoms with E-state index in [0.717, 1.165) is 41.5 Å². The number of hydrogen-bond acceptors (Lipinski definition) is 4. The van der Waals surface area contributed by atoms with Crippen LogP contribution in [0.3, 0.4) is 0 Å². The van der Waals surface area contributed by atoms with Crippen molar-refractivity contribution < 1.29 is 22.0 Å². The van der Waals surface area contributed by atoms with Crippen molar-refractivity contribution in [3.05, 3.63) is 70.8 Å². The molecule has 186 valence electrons. The van der Waals surface area contributed by atoms with Crippen LogP contribution in [0, 0.1) is 23.1 Å². The number of carbonyl (C=O) groups excluding carboxylic acids is 1. The molecule has 0 bridgehead atoms. The van der Waals surface area contributed by atoms with Crippen molar-refractivity contribution in [2.45, 2.75) is 44.7 Å². The van der Waals surface area contributed by atoms with Crippen molar-refractivity contribution >= 4 is 21.5 Å². The molecule has 0 radical (unpaired) electrons. The van der Waals surface area contributed by atoms with Crippen LogP contribution in [0.25, 0.3) is 5.57 Å². The average Bonchev–Trinajstić information content (AvgIpc) is 3.14. The van der Waals surface area contributed by atoms with Crippen LogP contribution < -0.4 is 10.5 Å². The molecule has 6 nitrogen and oxygen atoms in total. The zero-order valence-electron chi connectivity index (χ0n) is 19.5. The first kappa shape index (κ1) is 24.1. The van der Waals surface area contributed by atoms with Crippen LogP contribution in [0.2, 0.25) is 0 Å². The molecule has 5 unspecified atom stereocenters. The highest BCUT2D eigenvalue weighted by atomic mass is 32.2. The lowest BCUT2D eigenvalue weighted by Crippen LogP contribution is -2.46. The number of nitrogens with zero attached hydrogens (tertiary/aromatic N) is 1. The fourth-order valence-corrected chi connectivity index (χ4v) is 7.12. The van der Waals surface area contributed by atoms with Gasteiger partial charge >= 0.3 is 0 Å². The Hall–Kier alpha value is -2.65. The molecule has 35 heavy (non-hydrogen) atoms. The number of pyridine rings is 1. The molecule has 0 aliphatic heterocycles. The van der Waals surface area contributed by atoms with Gasteiger partial charge in [0.05, 0.1) is 11.9 Å². The van der Waals surface area contributed by atoms with Crippen molar-refractivity contribution in [2.24, 2.45) is 22.4 Å². The Morgan fingerprint density at radius 1 is 1.29 bits per heavy atom. The summed E-state index contributed by atoms with van der Waals surface area (Å²) in [6.07, 6.45) is 6.67. The highest BCUT2D eigenvalue weighted by molar-refractivity contribution is 7.89. The summed E-state index contributed by atoms with van der Waals surface area (Å²) in [5, 5.41) is 7.56. The number of allylic oxidation sites excluding steroid dienone is 2. The molecule has 9 heteroatoms. The number of benzene rings is 1. The zero-order valence-corrected chi connectivity index (χ0v) is 20.3. The maximum absolute atomic E-state index is 15.9. The largest absolute Gasteiger partial charge is 0.351 e. The maximum atomic E-state index is 15.9. The van der Waals surface area contributed by atoms with Crippen LogP contribution >= 0.6 is 0 Å². The summed E-state index contributed by atoms with van der Waals surface area (Å²) >= 11 is 0. The van der Waals surface area contributed by atoms with E-state index in [9.17, 15) is 17.6 Å². The summed E-state index contributed by atoms with van der Waals surface area (Å²) in [7, 11) is -3.65. The van der Waals surface area contributed by atoms with Gasteiger partial charge < -0.3 is 5.32 Å². The minimum Gasteiger partial charge on any atom is -0.351 e. The molecule has 1 amide bonds. The molecule has 5 rings (SSSR count). The first-order valence-corrected chi connectivity index (χ1v) is 13.7. The molecular weight excluding hydrogens is 472 g/mol. The first-order chi connectivity index (χ1) is 16.6. The number of nitrogens with one attached hydrogen (secondary N) is 1. The Labute approximate surface area is 204 Å². The van der Waals surface area contributed by atoms with Crippen molar-refractivity contribution in [3.8, 4) is 0 Å². The average molecular weight is 502 g/mol. The lowest BCUT2D eigenvalue weighted by molar-refractivity contribution is 0.0237. The van der Waals surface area contributed by atoms with Gasteiger partial charge in [-0.15, -0.1) is 0 Å². The molecular formula is C26H29F2N3O3S. The van der Waals surface area contributed by atoms with Gasteiger partial charge in [-0.3, -0.25) is 9.78 Å². The van der Waals surface area contributed by atoms with Crippen molar-refractivity contribution in [1.82, 2.24) is 10.3 Å². The summed E-state index contributed by atoms with van der Waals surface area (Å²) < 4.78 is 52.0. The number of aromatic nitrogens is 1. The van der Waals surface area contributed by atoms with E-state index in [4.69, 9.17) is 5.14 Å². The van der Waals surface area contributed by atoms with Gasteiger partial charge in [-0.2, -0.15) is 0 Å². The van der Waals surface area contributed by atoms with Gasteiger partial charge in [-0.1, -0.05) is 19.1 Å². The molecule has 2 aromatic rings. The van der Waals surface area contributed by atoms with Crippen molar-refractivity contribution in [2.75, 3.05) is 12.3 Å². The van der Waals surface area contributed by atoms with Gasteiger partial charge in [0, 0.05) is 24.2 Å². The van der Waals surface area contributed by atoms with E-state index in [1.165, 1.54) is 12.3 Å². The highest BCUT2D eigenvalue weighted by Crippen LogP contribution is 2.63. The SMILES string of the molecule is CC12CC(F)C3c4ccc(C(=O)NCCS(N)(=O)=O)cc4CCC3C1CC=C2c1cncc(F)c1. The van der Waals surface area contributed by atoms with Gasteiger partial charge in [0.2, 0.25) is 10.0 Å². The molecule has 3 N–H and O–H groups in total. The molecule has 1 heterocycles. The molecule has 3 aliphatic rings. The van der Waals surface area contributed by atoms with Crippen LogP contribution in [0.4, 0.5) is 8.78 Å². The van der Waals surface area contributed by atoms with E-state index in [-0.39, 0.29) is 41.4 Å². The number of halogens is 2. The summed E-state index contributed by atoms with van der Waals surface area (Å²) in [4.78, 5) is 16.5. The van der Waals surface area contributed by atoms with E-state index in [2.05, 4.69) is 23.3 Å². The van der Waals surface area contributed by atoms with E-state index in [0.29, 0.717) is 12.0 Å². The van der Waals surface area contributed by atoms with E-state index < -0.39 is 22.0 Å². The second-order valence-electron chi connectivity index (χ2n) is 10.3. The Bertz CT molecular complexity index is 1310. The number of fused-ring (bicyclic) bond motifs is 5. The third kappa shape index (κ3) is 4.40. The molecule has 1 aromatic heterocycles. The normalized spacial score (nSPS) is 29.5. The maximum Gasteiger partial charge on any atom is 0.251 e. The Morgan fingerprint density at radius 2 is 2.09 bits per heavy atom. The van der Waals surface area contributed by atoms with E-state index in [1.54, 1.807) is 18.3 Å². The number of nitrogens with two attached hydrogens (primary N) is 1. The van der Waals surface area contributed by atoms with Gasteiger partial charge in [0.15, 0.2) is 0 Å². The Kier molecular flexibility index (Phi) is 6.04. The van der Waals surface area contributed by atoms with Gasteiger partial charge in [-0.25, -0.2) is 22.3 Å². The highest BCUT2D eigenvalue weighted by Gasteiger charge is 2.55. The molecule has 1 saturated carbocycles. The molecule has 0 saturated heterocycles. The molecule has 1 aromatic carbocycles. The van der Waals surface area contributed by atoms with Crippen LogP contribution in [0.15, 0.2) is 42.7 Å². The lowest BCUT2D eigenvalue weighted by atomic mass is 9.53. The van der Waals surface area contributed by atoms with Crippen molar-refractivity contribution in [1.29, 1.82) is 0 Å². The zero-order chi connectivity index (χ0) is 25.0. The fourth-order valence-electron chi connectivity index (χ4n) is 6.73. The van der Waals surface area contributed by atoms with Crippen LogP contribution in [0.1, 0.15) is 59.2 Å². The predicted octanol–water partition coefficient (Wildman–Crippen LogP) is 3.74. The number of amides is 1. The Morgan fingerprint density at radius 3 is 2.83 bits per heavy atom. The van der Waals surface area contributed by atoms with Crippen molar-refractivity contribution in [3.63, 3.8) is 0 Å². The minimum absolute atomic E-state index is 0.0670. The number of carbonyl (C=O) groups is 1. The van der Waals surface area contributed by atoms with Gasteiger partial charge in [0.25, 0.3) is 5.91 Å². The fraction of sp³-hybridized carbons (Fsp3) is 0.462.